The van der Waals surface area contributed by atoms with Gasteiger partial charge in [0.25, 0.3) is 0 Å². The standard InChI is InChI=1S/C11H19F2NS/c1-5-9(14-15-10(2,3)4)8-6-11(12,13)7-8/h5,8-9,14H,1,6-7H2,2-4H3. The minimum atomic E-state index is -2.44. The molecule has 1 fully saturated rings. The van der Waals surface area contributed by atoms with Crippen molar-refractivity contribution in [2.45, 2.75) is 50.3 Å². The molecule has 1 unspecified atom stereocenters. The van der Waals surface area contributed by atoms with E-state index in [0.717, 1.165) is 0 Å². The summed E-state index contributed by atoms with van der Waals surface area (Å²) < 4.78 is 28.7. The summed E-state index contributed by atoms with van der Waals surface area (Å²) in [6.45, 7) is 9.94. The maximum Gasteiger partial charge on any atom is 0.248 e. The number of nitrogens with one attached hydrogen (secondary N) is 1. The molecule has 0 aromatic rings. The van der Waals surface area contributed by atoms with Crippen molar-refractivity contribution < 1.29 is 8.78 Å². The van der Waals surface area contributed by atoms with E-state index in [2.05, 4.69) is 32.1 Å². The first-order valence-electron chi connectivity index (χ1n) is 5.17. The van der Waals surface area contributed by atoms with Crippen LogP contribution in [0.4, 0.5) is 8.78 Å². The molecule has 0 aromatic carbocycles. The molecule has 1 nitrogen and oxygen atoms in total. The molecule has 1 saturated carbocycles. The average Bonchev–Trinajstić information content (AvgIpc) is 1.99. The third-order valence-corrected chi connectivity index (χ3v) is 3.39. The molecule has 1 aliphatic carbocycles. The quantitative estimate of drug-likeness (QED) is 0.590. The summed E-state index contributed by atoms with van der Waals surface area (Å²) in [5, 5.41) is 0. The van der Waals surface area contributed by atoms with Gasteiger partial charge in [0.15, 0.2) is 0 Å². The predicted octanol–water partition coefficient (Wildman–Crippen LogP) is 3.62. The Hall–Kier alpha value is -0.0900. The van der Waals surface area contributed by atoms with Crippen LogP contribution in [0.5, 0.6) is 0 Å². The number of hydrogen-bond acceptors (Lipinski definition) is 2. The van der Waals surface area contributed by atoms with Gasteiger partial charge < -0.3 is 0 Å². The van der Waals surface area contributed by atoms with Crippen LogP contribution >= 0.6 is 11.9 Å². The maximum absolute atomic E-state index is 12.7. The Bertz CT molecular complexity index is 227. The highest BCUT2D eigenvalue weighted by Crippen LogP contribution is 2.44. The van der Waals surface area contributed by atoms with Crippen molar-refractivity contribution in [2.24, 2.45) is 5.92 Å². The third-order valence-electron chi connectivity index (χ3n) is 2.38. The van der Waals surface area contributed by atoms with E-state index in [1.54, 1.807) is 18.0 Å². The first-order chi connectivity index (χ1) is 6.73. The largest absolute Gasteiger partial charge is 0.256 e. The van der Waals surface area contributed by atoms with Gasteiger partial charge in [-0.2, -0.15) is 0 Å². The fourth-order valence-corrected chi connectivity index (χ4v) is 2.32. The normalized spacial score (nSPS) is 23.3. The second kappa shape index (κ2) is 4.42. The summed E-state index contributed by atoms with van der Waals surface area (Å²) in [6.07, 6.45) is 1.71. The minimum absolute atomic E-state index is 0.00569. The first-order valence-corrected chi connectivity index (χ1v) is 5.99. The molecule has 1 aliphatic rings. The second-order valence-electron chi connectivity index (χ2n) is 5.12. The van der Waals surface area contributed by atoms with Crippen molar-refractivity contribution in [2.75, 3.05) is 0 Å². The van der Waals surface area contributed by atoms with Crippen LogP contribution < -0.4 is 4.72 Å². The fourth-order valence-electron chi connectivity index (χ4n) is 1.54. The Balaban J connectivity index is 2.35. The van der Waals surface area contributed by atoms with Crippen LogP contribution in [0.25, 0.3) is 0 Å². The lowest BCUT2D eigenvalue weighted by Crippen LogP contribution is -2.46. The number of hydrogen-bond donors (Lipinski definition) is 1. The molecule has 4 heteroatoms. The Morgan fingerprint density at radius 1 is 1.47 bits per heavy atom. The fraction of sp³-hybridized carbons (Fsp3) is 0.818. The molecule has 0 bridgehead atoms. The molecule has 0 spiro atoms. The van der Waals surface area contributed by atoms with Gasteiger partial charge in [-0.05, 0) is 26.7 Å². The predicted molar refractivity (Wildman–Crippen MR) is 62.1 cm³/mol. The summed E-state index contributed by atoms with van der Waals surface area (Å²) in [5.74, 6) is -2.41. The topological polar surface area (TPSA) is 12.0 Å². The molecule has 15 heavy (non-hydrogen) atoms. The summed E-state index contributed by atoms with van der Waals surface area (Å²) in [6, 6.07) is -0.00569. The van der Waals surface area contributed by atoms with Crippen LogP contribution in [0.1, 0.15) is 33.6 Å². The van der Waals surface area contributed by atoms with Gasteiger partial charge >= 0.3 is 0 Å². The van der Waals surface area contributed by atoms with Crippen LogP contribution in [0.2, 0.25) is 0 Å². The Morgan fingerprint density at radius 3 is 2.33 bits per heavy atom. The molecule has 88 valence electrons. The van der Waals surface area contributed by atoms with E-state index >= 15 is 0 Å². The van der Waals surface area contributed by atoms with Gasteiger partial charge in [-0.1, -0.05) is 18.0 Å². The van der Waals surface area contributed by atoms with Crippen LogP contribution in [0.3, 0.4) is 0 Å². The zero-order chi connectivity index (χ0) is 11.7. The molecule has 0 amide bonds. The minimum Gasteiger partial charge on any atom is -0.256 e. The molecule has 0 heterocycles. The number of halogens is 2. The lowest BCUT2D eigenvalue weighted by Gasteiger charge is -2.39. The van der Waals surface area contributed by atoms with E-state index < -0.39 is 5.92 Å². The van der Waals surface area contributed by atoms with Gasteiger partial charge in [-0.3, -0.25) is 4.72 Å². The van der Waals surface area contributed by atoms with E-state index in [1.807, 2.05) is 0 Å². The van der Waals surface area contributed by atoms with Crippen LogP contribution in [0.15, 0.2) is 12.7 Å². The summed E-state index contributed by atoms with van der Waals surface area (Å²) in [4.78, 5) is 0. The van der Waals surface area contributed by atoms with E-state index in [9.17, 15) is 8.78 Å². The van der Waals surface area contributed by atoms with Crippen molar-refractivity contribution in [1.82, 2.24) is 4.72 Å². The molecule has 0 aromatic heterocycles. The van der Waals surface area contributed by atoms with Gasteiger partial charge in [-0.15, -0.1) is 6.58 Å². The van der Waals surface area contributed by atoms with Gasteiger partial charge in [0.05, 0.1) is 0 Å². The van der Waals surface area contributed by atoms with Crippen molar-refractivity contribution in [3.63, 3.8) is 0 Å². The lowest BCUT2D eigenvalue weighted by atomic mass is 9.77. The monoisotopic (exact) mass is 235 g/mol. The summed E-state index contributed by atoms with van der Waals surface area (Å²) >= 11 is 1.58. The van der Waals surface area contributed by atoms with Crippen LogP contribution in [0, 0.1) is 5.92 Å². The van der Waals surface area contributed by atoms with Crippen molar-refractivity contribution >= 4 is 11.9 Å². The molecule has 0 aliphatic heterocycles. The van der Waals surface area contributed by atoms with E-state index in [1.165, 1.54) is 0 Å². The molecule has 1 N–H and O–H groups in total. The molecule has 0 saturated heterocycles. The van der Waals surface area contributed by atoms with Crippen LogP contribution in [-0.2, 0) is 0 Å². The zero-order valence-corrected chi connectivity index (χ0v) is 10.3. The SMILES string of the molecule is C=CC(NSC(C)(C)C)C1CC(F)(F)C1. The van der Waals surface area contributed by atoms with E-state index in [0.29, 0.717) is 0 Å². The zero-order valence-electron chi connectivity index (χ0n) is 9.52. The van der Waals surface area contributed by atoms with Gasteiger partial charge in [0, 0.05) is 23.6 Å². The number of rotatable bonds is 4. The highest BCUT2D eigenvalue weighted by Gasteiger charge is 2.47. The Labute approximate surface area is 94.8 Å². The average molecular weight is 235 g/mol. The smallest absolute Gasteiger partial charge is 0.248 e. The molecule has 1 rings (SSSR count). The second-order valence-corrected chi connectivity index (χ2v) is 6.78. The van der Waals surface area contributed by atoms with Crippen molar-refractivity contribution in [1.29, 1.82) is 0 Å². The molecular weight excluding hydrogens is 216 g/mol. The maximum atomic E-state index is 12.7. The van der Waals surface area contributed by atoms with Gasteiger partial charge in [0.2, 0.25) is 5.92 Å². The van der Waals surface area contributed by atoms with Gasteiger partial charge in [0.1, 0.15) is 0 Å². The van der Waals surface area contributed by atoms with E-state index in [-0.39, 0.29) is 29.5 Å². The molecule has 1 atom stereocenters. The number of alkyl halides is 2. The highest BCUT2D eigenvalue weighted by atomic mass is 32.2. The Kier molecular flexibility index (Phi) is 3.82. The third kappa shape index (κ3) is 4.11. The van der Waals surface area contributed by atoms with E-state index in [4.69, 9.17) is 0 Å². The summed E-state index contributed by atoms with van der Waals surface area (Å²) in [7, 11) is 0. The Morgan fingerprint density at radius 2 is 2.00 bits per heavy atom. The first kappa shape index (κ1) is 13.0. The highest BCUT2D eigenvalue weighted by molar-refractivity contribution is 7.98. The molecular formula is C11H19F2NS. The molecule has 0 radical (unpaired) electrons. The van der Waals surface area contributed by atoms with Gasteiger partial charge in [-0.25, -0.2) is 8.78 Å². The van der Waals surface area contributed by atoms with Crippen molar-refractivity contribution in [3.05, 3.63) is 12.7 Å². The summed E-state index contributed by atoms with van der Waals surface area (Å²) in [5.41, 5.74) is 0. The lowest BCUT2D eigenvalue weighted by molar-refractivity contribution is -0.113. The van der Waals surface area contributed by atoms with Crippen molar-refractivity contribution in [3.8, 4) is 0 Å². The van der Waals surface area contributed by atoms with Crippen LogP contribution in [-0.4, -0.2) is 16.7 Å².